The predicted molar refractivity (Wildman–Crippen MR) is 73.5 cm³/mol. The summed E-state index contributed by atoms with van der Waals surface area (Å²) in [6.45, 7) is 0. The first-order valence-electron chi connectivity index (χ1n) is 6.54. The molecular formula is C13H18F2N2O2S. The first-order chi connectivity index (χ1) is 9.39. The van der Waals surface area contributed by atoms with Crippen molar-refractivity contribution < 1.29 is 17.2 Å². The summed E-state index contributed by atoms with van der Waals surface area (Å²) in [6.07, 6.45) is 3.93. The first kappa shape index (κ1) is 15.2. The summed E-state index contributed by atoms with van der Waals surface area (Å²) < 4.78 is 47.4. The Hall–Kier alpha value is -1.21. The Bertz CT molecular complexity index is 546. The van der Waals surface area contributed by atoms with Crippen LogP contribution in [0, 0.1) is 0 Å². The Balaban J connectivity index is 2.05. The number of hydrogen-bond donors (Lipinski definition) is 2. The number of alkyl halides is 2. The molecule has 0 aromatic heterocycles. The summed E-state index contributed by atoms with van der Waals surface area (Å²) in [5.74, 6) is -3.39. The Morgan fingerprint density at radius 3 is 2.40 bits per heavy atom. The van der Waals surface area contributed by atoms with Crippen molar-refractivity contribution in [3.8, 4) is 0 Å². The molecule has 1 aromatic carbocycles. The largest absolute Gasteiger partial charge is 0.382 e. The lowest BCUT2D eigenvalue weighted by Crippen LogP contribution is -2.34. The van der Waals surface area contributed by atoms with E-state index in [9.17, 15) is 17.2 Å². The van der Waals surface area contributed by atoms with Crippen molar-refractivity contribution in [1.29, 1.82) is 0 Å². The molecule has 1 fully saturated rings. The number of rotatable bonds is 4. The molecule has 7 heteroatoms. The molecule has 0 spiro atoms. The number of hydrogen-bond acceptors (Lipinski definition) is 4. The van der Waals surface area contributed by atoms with E-state index >= 15 is 0 Å². The van der Waals surface area contributed by atoms with Gasteiger partial charge in [0.2, 0.25) is 9.84 Å². The highest BCUT2D eigenvalue weighted by atomic mass is 32.2. The topological polar surface area (TPSA) is 72.2 Å². The minimum absolute atomic E-state index is 0.180. The van der Waals surface area contributed by atoms with Crippen LogP contribution < -0.4 is 11.1 Å². The lowest BCUT2D eigenvalue weighted by atomic mass is 9.91. The minimum Gasteiger partial charge on any atom is -0.382 e. The van der Waals surface area contributed by atoms with E-state index in [1.54, 1.807) is 0 Å². The molecule has 112 valence electrons. The fourth-order valence-corrected chi connectivity index (χ4v) is 3.16. The van der Waals surface area contributed by atoms with Gasteiger partial charge in [-0.1, -0.05) is 0 Å². The molecule has 2 atom stereocenters. The normalized spacial score (nSPS) is 23.8. The number of anilines is 1. The number of halogens is 2. The van der Waals surface area contributed by atoms with Gasteiger partial charge in [0.15, 0.2) is 0 Å². The van der Waals surface area contributed by atoms with Gasteiger partial charge in [-0.05, 0) is 49.9 Å². The summed E-state index contributed by atoms with van der Waals surface area (Å²) in [4.78, 5) is -0.363. The van der Waals surface area contributed by atoms with Gasteiger partial charge in [-0.2, -0.15) is 8.78 Å². The Kier molecular flexibility index (Phi) is 4.59. The molecule has 0 saturated heterocycles. The second-order valence-electron chi connectivity index (χ2n) is 5.10. The molecule has 0 amide bonds. The molecular weight excluding hydrogens is 286 g/mol. The van der Waals surface area contributed by atoms with Gasteiger partial charge in [0.05, 0.1) is 4.90 Å². The molecule has 2 rings (SSSR count). The van der Waals surface area contributed by atoms with Crippen LogP contribution in [0.2, 0.25) is 0 Å². The van der Waals surface area contributed by atoms with E-state index in [0.717, 1.165) is 31.4 Å². The lowest BCUT2D eigenvalue weighted by molar-refractivity contribution is 0.234. The van der Waals surface area contributed by atoms with Crippen LogP contribution in [0.5, 0.6) is 0 Å². The van der Waals surface area contributed by atoms with Gasteiger partial charge >= 0.3 is 5.76 Å². The van der Waals surface area contributed by atoms with Crippen molar-refractivity contribution in [2.75, 3.05) is 5.32 Å². The molecule has 20 heavy (non-hydrogen) atoms. The molecule has 0 aliphatic heterocycles. The van der Waals surface area contributed by atoms with Crippen LogP contribution in [0.3, 0.4) is 0 Å². The molecule has 1 saturated carbocycles. The monoisotopic (exact) mass is 304 g/mol. The van der Waals surface area contributed by atoms with Crippen molar-refractivity contribution in [1.82, 2.24) is 0 Å². The summed E-state index contributed by atoms with van der Waals surface area (Å²) in [5, 5.41) is 3.26. The second-order valence-corrected chi connectivity index (χ2v) is 7.02. The third-order valence-corrected chi connectivity index (χ3v) is 4.90. The Morgan fingerprint density at radius 2 is 1.85 bits per heavy atom. The molecule has 3 N–H and O–H groups in total. The Labute approximate surface area is 117 Å². The van der Waals surface area contributed by atoms with Crippen LogP contribution in [0.1, 0.15) is 25.7 Å². The van der Waals surface area contributed by atoms with Crippen LogP contribution in [0.15, 0.2) is 29.2 Å². The van der Waals surface area contributed by atoms with Gasteiger partial charge in [0.25, 0.3) is 0 Å². The third-order valence-electron chi connectivity index (χ3n) is 3.50. The molecule has 0 bridgehead atoms. The molecule has 0 radical (unpaired) electrons. The molecule has 0 heterocycles. The highest BCUT2D eigenvalue weighted by Crippen LogP contribution is 2.23. The van der Waals surface area contributed by atoms with Gasteiger partial charge in [-0.25, -0.2) is 8.42 Å². The average molecular weight is 304 g/mol. The highest BCUT2D eigenvalue weighted by molar-refractivity contribution is 7.91. The van der Waals surface area contributed by atoms with Gasteiger partial charge in [-0.3, -0.25) is 0 Å². The van der Waals surface area contributed by atoms with E-state index in [1.807, 2.05) is 0 Å². The fraction of sp³-hybridized carbons (Fsp3) is 0.538. The van der Waals surface area contributed by atoms with E-state index in [1.165, 1.54) is 24.3 Å². The van der Waals surface area contributed by atoms with E-state index in [-0.39, 0.29) is 17.0 Å². The van der Waals surface area contributed by atoms with E-state index in [4.69, 9.17) is 5.73 Å². The SMILES string of the molecule is NC1CCCC(Nc2ccc(S(=O)(=O)C(F)F)cc2)C1. The maximum Gasteiger partial charge on any atom is 0.341 e. The smallest absolute Gasteiger partial charge is 0.341 e. The highest BCUT2D eigenvalue weighted by Gasteiger charge is 2.26. The standard InChI is InChI=1S/C13H18F2N2O2S/c14-13(15)20(18,19)12-6-4-10(5-7-12)17-11-3-1-2-9(16)8-11/h4-7,9,11,13,17H,1-3,8,16H2. The minimum atomic E-state index is -4.52. The first-order valence-corrected chi connectivity index (χ1v) is 8.08. The van der Waals surface area contributed by atoms with E-state index in [0.29, 0.717) is 0 Å². The third kappa shape index (κ3) is 3.46. The summed E-state index contributed by atoms with van der Waals surface area (Å²) in [6, 6.07) is 5.85. The van der Waals surface area contributed by atoms with Crippen LogP contribution >= 0.6 is 0 Å². The van der Waals surface area contributed by atoms with Crippen LogP contribution in [-0.4, -0.2) is 26.3 Å². The molecule has 1 aliphatic rings. The van der Waals surface area contributed by atoms with Crippen molar-refractivity contribution in [3.63, 3.8) is 0 Å². The van der Waals surface area contributed by atoms with Crippen molar-refractivity contribution in [3.05, 3.63) is 24.3 Å². The molecule has 2 unspecified atom stereocenters. The number of nitrogens with two attached hydrogens (primary N) is 1. The zero-order valence-corrected chi connectivity index (χ0v) is 11.7. The quantitative estimate of drug-likeness (QED) is 0.895. The predicted octanol–water partition coefficient (Wildman–Crippen LogP) is 2.36. The zero-order valence-electron chi connectivity index (χ0n) is 10.9. The average Bonchev–Trinajstić information content (AvgIpc) is 2.39. The van der Waals surface area contributed by atoms with Crippen molar-refractivity contribution in [2.45, 2.75) is 48.4 Å². The summed E-state index contributed by atoms with van der Waals surface area (Å²) >= 11 is 0. The van der Waals surface area contributed by atoms with Crippen molar-refractivity contribution in [2.24, 2.45) is 5.73 Å². The molecule has 4 nitrogen and oxygen atoms in total. The van der Waals surface area contributed by atoms with Gasteiger partial charge in [0.1, 0.15) is 0 Å². The van der Waals surface area contributed by atoms with Crippen molar-refractivity contribution >= 4 is 15.5 Å². The lowest BCUT2D eigenvalue weighted by Gasteiger charge is -2.28. The Morgan fingerprint density at radius 1 is 1.20 bits per heavy atom. The second kappa shape index (κ2) is 6.05. The van der Waals surface area contributed by atoms with Gasteiger partial charge < -0.3 is 11.1 Å². The van der Waals surface area contributed by atoms with Crippen LogP contribution in [-0.2, 0) is 9.84 Å². The zero-order chi connectivity index (χ0) is 14.8. The number of nitrogens with one attached hydrogen (secondary N) is 1. The summed E-state index contributed by atoms with van der Waals surface area (Å²) in [5.41, 5.74) is 6.61. The fourth-order valence-electron chi connectivity index (χ4n) is 2.44. The number of sulfone groups is 1. The maximum atomic E-state index is 12.4. The summed E-state index contributed by atoms with van der Waals surface area (Å²) in [7, 11) is -4.52. The van der Waals surface area contributed by atoms with Crippen LogP contribution in [0.25, 0.3) is 0 Å². The van der Waals surface area contributed by atoms with E-state index in [2.05, 4.69) is 5.32 Å². The number of benzene rings is 1. The van der Waals surface area contributed by atoms with Gasteiger partial charge in [0, 0.05) is 17.8 Å². The molecule has 1 aliphatic carbocycles. The molecule has 1 aromatic rings. The van der Waals surface area contributed by atoms with Gasteiger partial charge in [-0.15, -0.1) is 0 Å². The van der Waals surface area contributed by atoms with Crippen LogP contribution in [0.4, 0.5) is 14.5 Å². The maximum absolute atomic E-state index is 12.4. The van der Waals surface area contributed by atoms with E-state index < -0.39 is 15.6 Å².